The molecule has 164 valence electrons. The van der Waals surface area contributed by atoms with Gasteiger partial charge < -0.3 is 9.47 Å². The molecule has 0 radical (unpaired) electrons. The molecule has 1 N–H and O–H groups in total. The van der Waals surface area contributed by atoms with Crippen LogP contribution < -0.4 is 14.9 Å². The van der Waals surface area contributed by atoms with Crippen molar-refractivity contribution in [1.82, 2.24) is 5.43 Å². The van der Waals surface area contributed by atoms with Gasteiger partial charge in [0.15, 0.2) is 0 Å². The lowest BCUT2D eigenvalue weighted by atomic mass is 10.1. The van der Waals surface area contributed by atoms with Crippen molar-refractivity contribution in [2.75, 3.05) is 6.61 Å². The lowest BCUT2D eigenvalue weighted by Crippen LogP contribution is -2.17. The molecule has 0 atom stereocenters. The first-order valence-corrected chi connectivity index (χ1v) is 10.5. The van der Waals surface area contributed by atoms with Gasteiger partial charge in [-0.25, -0.2) is 10.2 Å². The zero-order valence-electron chi connectivity index (χ0n) is 18.2. The maximum absolute atomic E-state index is 12.2. The van der Waals surface area contributed by atoms with E-state index in [1.807, 2.05) is 19.1 Å². The number of hydrogen-bond acceptors (Lipinski definition) is 5. The van der Waals surface area contributed by atoms with Crippen molar-refractivity contribution in [3.05, 3.63) is 95.1 Å². The molecule has 0 saturated carbocycles. The highest BCUT2D eigenvalue weighted by Crippen LogP contribution is 2.15. The summed E-state index contributed by atoms with van der Waals surface area (Å²) in [5.41, 5.74) is 5.23. The monoisotopic (exact) mass is 430 g/mol. The van der Waals surface area contributed by atoms with Crippen molar-refractivity contribution in [2.24, 2.45) is 5.10 Å². The molecule has 3 aromatic rings. The van der Waals surface area contributed by atoms with Crippen molar-refractivity contribution >= 4 is 18.1 Å². The second-order valence-electron chi connectivity index (χ2n) is 7.25. The summed E-state index contributed by atoms with van der Waals surface area (Å²) in [5, 5.41) is 3.99. The predicted molar refractivity (Wildman–Crippen MR) is 124 cm³/mol. The lowest BCUT2D eigenvalue weighted by Gasteiger charge is -2.06. The third-order valence-corrected chi connectivity index (χ3v) is 4.61. The fourth-order valence-electron chi connectivity index (χ4n) is 2.83. The predicted octanol–water partition coefficient (Wildman–Crippen LogP) is 5.16. The van der Waals surface area contributed by atoms with Gasteiger partial charge in [-0.2, -0.15) is 5.10 Å². The Morgan fingerprint density at radius 3 is 2.34 bits per heavy atom. The van der Waals surface area contributed by atoms with Gasteiger partial charge in [0.25, 0.3) is 5.91 Å². The molecule has 3 rings (SSSR count). The lowest BCUT2D eigenvalue weighted by molar-refractivity contribution is 0.0734. The fourth-order valence-corrected chi connectivity index (χ4v) is 2.83. The molecule has 0 fully saturated rings. The minimum absolute atomic E-state index is 0.315. The Bertz CT molecular complexity index is 1070. The largest absolute Gasteiger partial charge is 0.494 e. The summed E-state index contributed by atoms with van der Waals surface area (Å²) >= 11 is 0. The Balaban J connectivity index is 1.50. The molecular weight excluding hydrogens is 404 g/mol. The van der Waals surface area contributed by atoms with Crippen molar-refractivity contribution in [1.29, 1.82) is 0 Å². The zero-order valence-corrected chi connectivity index (χ0v) is 18.2. The van der Waals surface area contributed by atoms with E-state index in [1.54, 1.807) is 60.7 Å². The van der Waals surface area contributed by atoms with Crippen LogP contribution in [0.5, 0.6) is 11.5 Å². The third-order valence-electron chi connectivity index (χ3n) is 4.61. The van der Waals surface area contributed by atoms with E-state index in [1.165, 1.54) is 6.21 Å². The van der Waals surface area contributed by atoms with Crippen LogP contribution in [0.2, 0.25) is 0 Å². The summed E-state index contributed by atoms with van der Waals surface area (Å²) in [6.45, 7) is 4.69. The minimum Gasteiger partial charge on any atom is -0.494 e. The van der Waals surface area contributed by atoms with Crippen LogP contribution in [0.4, 0.5) is 0 Å². The van der Waals surface area contributed by atoms with E-state index in [0.29, 0.717) is 23.5 Å². The first kappa shape index (κ1) is 22.7. The van der Waals surface area contributed by atoms with E-state index in [4.69, 9.17) is 9.47 Å². The molecule has 6 heteroatoms. The molecule has 0 aliphatic heterocycles. The van der Waals surface area contributed by atoms with Gasteiger partial charge in [-0.15, -0.1) is 0 Å². The number of hydrogen-bond donors (Lipinski definition) is 1. The van der Waals surface area contributed by atoms with Crippen LogP contribution in [0.3, 0.4) is 0 Å². The summed E-state index contributed by atoms with van der Waals surface area (Å²) in [5.74, 6) is 0.440. The van der Waals surface area contributed by atoms with Gasteiger partial charge in [-0.1, -0.05) is 31.0 Å². The Hall–Kier alpha value is -3.93. The molecule has 0 aromatic heterocycles. The number of nitrogens with zero attached hydrogens (tertiary/aromatic N) is 1. The quantitative estimate of drug-likeness (QED) is 0.167. The number of nitrogens with one attached hydrogen (secondary N) is 1. The molecule has 0 heterocycles. The topological polar surface area (TPSA) is 77.0 Å². The molecule has 0 spiro atoms. The summed E-state index contributed by atoms with van der Waals surface area (Å²) in [4.78, 5) is 24.4. The molecule has 0 aliphatic carbocycles. The average Bonchev–Trinajstić information content (AvgIpc) is 2.81. The third kappa shape index (κ3) is 6.80. The van der Waals surface area contributed by atoms with Crippen LogP contribution in [-0.4, -0.2) is 24.7 Å². The number of benzene rings is 3. The van der Waals surface area contributed by atoms with Crippen molar-refractivity contribution in [3.8, 4) is 11.5 Å². The molecule has 0 saturated heterocycles. The molecule has 0 aliphatic rings. The minimum atomic E-state index is -0.413. The van der Waals surface area contributed by atoms with Crippen LogP contribution in [0.25, 0.3) is 0 Å². The number of hydrazone groups is 1. The van der Waals surface area contributed by atoms with E-state index in [0.717, 1.165) is 29.7 Å². The summed E-state index contributed by atoms with van der Waals surface area (Å²) in [7, 11) is 0. The molecule has 6 nitrogen and oxygen atoms in total. The SMILES string of the molecule is CCCCOc1ccc(C(=O)N/N=C\c2ccc(OC(=O)c3cccc(C)c3)cc2)cc1. The number of aryl methyl sites for hydroxylation is 1. The second kappa shape index (κ2) is 11.5. The van der Waals surface area contributed by atoms with Gasteiger partial charge in [0.1, 0.15) is 11.5 Å². The van der Waals surface area contributed by atoms with Gasteiger partial charge in [0.2, 0.25) is 0 Å². The van der Waals surface area contributed by atoms with Gasteiger partial charge in [0.05, 0.1) is 18.4 Å². The number of unbranched alkanes of at least 4 members (excludes halogenated alkanes) is 1. The number of carbonyl (C=O) groups is 2. The highest BCUT2D eigenvalue weighted by molar-refractivity contribution is 5.95. The molecule has 0 unspecified atom stereocenters. The van der Waals surface area contributed by atoms with Crippen LogP contribution in [-0.2, 0) is 0 Å². The molecule has 32 heavy (non-hydrogen) atoms. The fraction of sp³-hybridized carbons (Fsp3) is 0.192. The molecule has 3 aromatic carbocycles. The van der Waals surface area contributed by atoms with Gasteiger partial charge in [-0.05, 0) is 79.6 Å². The summed E-state index contributed by atoms with van der Waals surface area (Å²) < 4.78 is 11.0. The first-order valence-electron chi connectivity index (χ1n) is 10.5. The molecule has 1 amide bonds. The number of carbonyl (C=O) groups excluding carboxylic acids is 2. The van der Waals surface area contributed by atoms with Crippen LogP contribution >= 0.6 is 0 Å². The Kier molecular flexibility index (Phi) is 8.15. The molecule has 0 bridgehead atoms. The van der Waals surface area contributed by atoms with Crippen molar-refractivity contribution < 1.29 is 19.1 Å². The highest BCUT2D eigenvalue weighted by atomic mass is 16.5. The average molecular weight is 431 g/mol. The van der Waals surface area contributed by atoms with E-state index < -0.39 is 5.97 Å². The Morgan fingerprint density at radius 1 is 0.938 bits per heavy atom. The van der Waals surface area contributed by atoms with E-state index >= 15 is 0 Å². The number of ether oxygens (including phenoxy) is 2. The van der Waals surface area contributed by atoms with E-state index in [-0.39, 0.29) is 5.91 Å². The maximum atomic E-state index is 12.2. The molecular formula is C26H26N2O4. The number of rotatable bonds is 9. The van der Waals surface area contributed by atoms with Crippen LogP contribution in [0, 0.1) is 6.92 Å². The summed E-state index contributed by atoms with van der Waals surface area (Å²) in [6, 6.07) is 21.0. The highest BCUT2D eigenvalue weighted by Gasteiger charge is 2.08. The smallest absolute Gasteiger partial charge is 0.343 e. The van der Waals surface area contributed by atoms with Crippen molar-refractivity contribution in [3.63, 3.8) is 0 Å². The standard InChI is InChI=1S/C26H26N2O4/c1-3-4-16-31-23-14-10-21(11-15-23)25(29)28-27-18-20-8-12-24(13-9-20)32-26(30)22-7-5-6-19(2)17-22/h5-15,17-18H,3-4,16H2,1-2H3,(H,28,29)/b27-18-. The number of amides is 1. The second-order valence-corrected chi connectivity index (χ2v) is 7.25. The van der Waals surface area contributed by atoms with Gasteiger partial charge >= 0.3 is 5.97 Å². The van der Waals surface area contributed by atoms with Crippen molar-refractivity contribution in [2.45, 2.75) is 26.7 Å². The number of esters is 1. The van der Waals surface area contributed by atoms with Gasteiger partial charge in [-0.3, -0.25) is 4.79 Å². The van der Waals surface area contributed by atoms with Gasteiger partial charge in [0, 0.05) is 5.56 Å². The Morgan fingerprint density at radius 2 is 1.66 bits per heavy atom. The normalized spacial score (nSPS) is 10.7. The van der Waals surface area contributed by atoms with E-state index in [9.17, 15) is 9.59 Å². The Labute approximate surface area is 187 Å². The van der Waals surface area contributed by atoms with Crippen LogP contribution in [0.15, 0.2) is 77.9 Å². The van der Waals surface area contributed by atoms with E-state index in [2.05, 4.69) is 17.5 Å². The first-order chi connectivity index (χ1) is 15.5. The zero-order chi connectivity index (χ0) is 22.8. The summed E-state index contributed by atoms with van der Waals surface area (Å²) in [6.07, 6.45) is 3.58. The maximum Gasteiger partial charge on any atom is 0.343 e. The van der Waals surface area contributed by atoms with Crippen LogP contribution in [0.1, 0.15) is 51.6 Å².